The van der Waals surface area contributed by atoms with Crippen molar-refractivity contribution < 1.29 is 28.3 Å². The van der Waals surface area contributed by atoms with E-state index in [2.05, 4.69) is 47.6 Å². The summed E-state index contributed by atoms with van der Waals surface area (Å²) >= 11 is 5.97. The predicted octanol–water partition coefficient (Wildman–Crippen LogP) is 6.11. The molecule has 310 valence electrons. The number of aromatic nitrogens is 2. The third-order valence-electron chi connectivity index (χ3n) is 11.0. The number of fused-ring (bicyclic) bond motifs is 2. The molecule has 3 aliphatic rings. The average Bonchev–Trinajstić information content (AvgIpc) is 3.57. The molecule has 2 saturated heterocycles. The molecule has 4 aromatic rings. The number of piperazine rings is 1. The van der Waals surface area contributed by atoms with Crippen molar-refractivity contribution in [3.05, 3.63) is 89.5 Å². The first kappa shape index (κ1) is 41.5. The van der Waals surface area contributed by atoms with Crippen LogP contribution >= 0.6 is 11.6 Å². The lowest BCUT2D eigenvalue weighted by atomic mass is 10.0. The summed E-state index contributed by atoms with van der Waals surface area (Å²) < 4.78 is 19.9. The van der Waals surface area contributed by atoms with E-state index in [1.54, 1.807) is 23.1 Å². The number of nitrogens with zero attached hydrogens (tertiary/aromatic N) is 5. The molecule has 0 aliphatic carbocycles. The zero-order chi connectivity index (χ0) is 41.3. The van der Waals surface area contributed by atoms with Crippen LogP contribution in [0.2, 0.25) is 5.02 Å². The van der Waals surface area contributed by atoms with Crippen LogP contribution in [-0.4, -0.2) is 107 Å². The van der Waals surface area contributed by atoms with E-state index < -0.39 is 17.8 Å². The largest absolute Gasteiger partial charge is 0.491 e. The molecule has 3 aromatic carbocycles. The van der Waals surface area contributed by atoms with Gasteiger partial charge in [0.15, 0.2) is 0 Å². The molecule has 2 fully saturated rings. The number of piperidine rings is 1. The molecule has 1 aromatic heterocycles. The third-order valence-corrected chi connectivity index (χ3v) is 11.3. The summed E-state index contributed by atoms with van der Waals surface area (Å²) in [5, 5.41) is 12.5. The number of ether oxygens (including phenoxy) is 1. The second-order valence-corrected chi connectivity index (χ2v) is 15.4. The van der Waals surface area contributed by atoms with Gasteiger partial charge in [0, 0.05) is 86.2 Å². The van der Waals surface area contributed by atoms with Gasteiger partial charge in [-0.2, -0.15) is 0 Å². The fourth-order valence-electron chi connectivity index (χ4n) is 7.79. The summed E-state index contributed by atoms with van der Waals surface area (Å²) in [7, 11) is 0. The van der Waals surface area contributed by atoms with Gasteiger partial charge in [0.05, 0.1) is 22.8 Å². The number of unbranched alkanes of at least 4 members (excludes halogenated alkanes) is 3. The number of halogens is 2. The Morgan fingerprint density at radius 3 is 2.51 bits per heavy atom. The molecule has 4 N–H and O–H groups in total. The van der Waals surface area contributed by atoms with Gasteiger partial charge >= 0.3 is 0 Å². The maximum Gasteiger partial charge on any atom is 0.255 e. The van der Waals surface area contributed by atoms with Gasteiger partial charge < -0.3 is 35.4 Å². The predicted molar refractivity (Wildman–Crippen MR) is 225 cm³/mol. The highest BCUT2D eigenvalue weighted by Gasteiger charge is 2.39. The Hall–Kier alpha value is -5.64. The number of hydrogen-bond acceptors (Lipinski definition) is 11. The number of amides is 4. The average molecular weight is 826 g/mol. The van der Waals surface area contributed by atoms with Gasteiger partial charge in [-0.15, -0.1) is 0 Å². The first-order valence-electron chi connectivity index (χ1n) is 20.2. The lowest BCUT2D eigenvalue weighted by molar-refractivity contribution is -0.137. The minimum atomic E-state index is -0.617. The Morgan fingerprint density at radius 1 is 0.966 bits per heavy atom. The third kappa shape index (κ3) is 10.3. The number of carbonyl (C=O) groups excluding carboxylic acids is 4. The van der Waals surface area contributed by atoms with Crippen molar-refractivity contribution in [2.24, 2.45) is 0 Å². The lowest BCUT2D eigenvalue weighted by Crippen LogP contribution is -2.52. The Morgan fingerprint density at radius 2 is 1.75 bits per heavy atom. The number of carbonyl (C=O) groups is 4. The zero-order valence-electron chi connectivity index (χ0n) is 32.9. The van der Waals surface area contributed by atoms with Gasteiger partial charge in [0.2, 0.25) is 17.7 Å². The Labute approximate surface area is 347 Å². The number of nitrogens with one attached hydrogen (secondary N) is 4. The van der Waals surface area contributed by atoms with Gasteiger partial charge in [0.25, 0.3) is 5.91 Å². The molecule has 1 unspecified atom stereocenters. The number of rotatable bonds is 18. The van der Waals surface area contributed by atoms with Gasteiger partial charge in [-0.25, -0.2) is 14.4 Å². The monoisotopic (exact) mass is 825 g/mol. The van der Waals surface area contributed by atoms with Crippen molar-refractivity contribution >= 4 is 69.0 Å². The van der Waals surface area contributed by atoms with Crippen LogP contribution in [0.1, 0.15) is 60.9 Å². The van der Waals surface area contributed by atoms with Crippen LogP contribution in [0.4, 0.5) is 27.3 Å². The van der Waals surface area contributed by atoms with E-state index in [0.29, 0.717) is 59.0 Å². The summed E-state index contributed by atoms with van der Waals surface area (Å²) in [6.07, 6.45) is 8.43. The Balaban J connectivity index is 0.798. The maximum atomic E-state index is 13.7. The SMILES string of the molecule is C=CC(=O)Nc1cc2c(Nc3ccc(F)c(Cl)c3)ncnc2cc1OCCCN1CCN(CCCCCCNc2cccc3c2CN(C2CCC(=O)NC2=O)C3=O)CC1. The fraction of sp³-hybridized carbons (Fsp3) is 0.395. The van der Waals surface area contributed by atoms with Crippen LogP contribution in [0.15, 0.2) is 67.5 Å². The highest BCUT2D eigenvalue weighted by molar-refractivity contribution is 6.31. The van der Waals surface area contributed by atoms with Crippen molar-refractivity contribution in [1.29, 1.82) is 0 Å². The first-order valence-corrected chi connectivity index (χ1v) is 20.6. The van der Waals surface area contributed by atoms with Gasteiger partial charge in [-0.05, 0) is 74.7 Å². The first-order chi connectivity index (χ1) is 28.7. The molecular weight excluding hydrogens is 777 g/mol. The van der Waals surface area contributed by atoms with Crippen LogP contribution in [0.5, 0.6) is 5.75 Å². The smallest absolute Gasteiger partial charge is 0.255 e. The molecule has 3 aliphatic heterocycles. The van der Waals surface area contributed by atoms with E-state index in [1.807, 2.05) is 18.2 Å². The number of anilines is 4. The van der Waals surface area contributed by atoms with E-state index >= 15 is 0 Å². The summed E-state index contributed by atoms with van der Waals surface area (Å²) in [5.74, 6) is -0.800. The molecule has 0 radical (unpaired) electrons. The molecule has 0 saturated carbocycles. The van der Waals surface area contributed by atoms with Crippen molar-refractivity contribution in [2.75, 3.05) is 68.4 Å². The highest BCUT2D eigenvalue weighted by Crippen LogP contribution is 2.35. The molecule has 16 heteroatoms. The second kappa shape index (κ2) is 19.4. The fourth-order valence-corrected chi connectivity index (χ4v) is 7.97. The lowest BCUT2D eigenvalue weighted by Gasteiger charge is -2.34. The molecule has 4 amide bonds. The minimum Gasteiger partial charge on any atom is -0.491 e. The molecule has 1 atom stereocenters. The second-order valence-electron chi connectivity index (χ2n) is 15.0. The van der Waals surface area contributed by atoms with Crippen LogP contribution in [-0.2, 0) is 20.9 Å². The number of imide groups is 1. The van der Waals surface area contributed by atoms with Crippen LogP contribution in [0, 0.1) is 5.82 Å². The minimum absolute atomic E-state index is 0.0169. The topological polar surface area (TPSA) is 161 Å². The van der Waals surface area contributed by atoms with E-state index in [1.165, 1.54) is 24.5 Å². The molecule has 14 nitrogen and oxygen atoms in total. The van der Waals surface area contributed by atoms with Crippen molar-refractivity contribution in [2.45, 2.75) is 57.5 Å². The number of benzene rings is 3. The van der Waals surface area contributed by atoms with E-state index in [9.17, 15) is 23.6 Å². The number of hydrogen-bond donors (Lipinski definition) is 4. The zero-order valence-corrected chi connectivity index (χ0v) is 33.7. The highest BCUT2D eigenvalue weighted by atomic mass is 35.5. The summed E-state index contributed by atoms with van der Waals surface area (Å²) in [6.45, 7) is 11.2. The molecule has 59 heavy (non-hydrogen) atoms. The van der Waals surface area contributed by atoms with Gasteiger partial charge in [-0.3, -0.25) is 24.5 Å². The molecule has 0 bridgehead atoms. The maximum absolute atomic E-state index is 13.7. The quantitative estimate of drug-likeness (QED) is 0.0521. The van der Waals surface area contributed by atoms with Crippen molar-refractivity contribution in [3.63, 3.8) is 0 Å². The van der Waals surface area contributed by atoms with E-state index in [-0.39, 0.29) is 29.2 Å². The summed E-state index contributed by atoms with van der Waals surface area (Å²) in [5.41, 5.74) is 4.07. The van der Waals surface area contributed by atoms with E-state index in [0.717, 1.165) is 89.2 Å². The summed E-state index contributed by atoms with van der Waals surface area (Å²) in [4.78, 5) is 64.8. The van der Waals surface area contributed by atoms with Crippen molar-refractivity contribution in [3.8, 4) is 5.75 Å². The Bertz CT molecular complexity index is 2220. The summed E-state index contributed by atoms with van der Waals surface area (Å²) in [6, 6.07) is 12.9. The van der Waals surface area contributed by atoms with Crippen molar-refractivity contribution in [1.82, 2.24) is 30.0 Å². The van der Waals surface area contributed by atoms with Crippen LogP contribution < -0.4 is 26.0 Å². The van der Waals surface area contributed by atoms with Crippen LogP contribution in [0.3, 0.4) is 0 Å². The van der Waals surface area contributed by atoms with Gasteiger partial charge in [0.1, 0.15) is 29.8 Å². The van der Waals surface area contributed by atoms with E-state index in [4.69, 9.17) is 16.3 Å². The Kier molecular flexibility index (Phi) is 13.7. The molecule has 0 spiro atoms. The van der Waals surface area contributed by atoms with Gasteiger partial charge in [-0.1, -0.05) is 37.1 Å². The van der Waals surface area contributed by atoms with Crippen LogP contribution in [0.25, 0.3) is 10.9 Å². The molecule has 7 rings (SSSR count). The normalized spacial score (nSPS) is 17.2. The molecular formula is C43H49ClFN9O5. The molecule has 4 heterocycles. The standard InChI is InChI=1S/C43H49ClFN9O5/c1-2-39(55)50-36-24-30-35(47-27-48-41(30)49-28-11-12-33(45)32(44)23-28)25-38(36)59-22-8-17-53-20-18-52(19-21-53)16-6-4-3-5-15-46-34-10-7-9-29-31(34)26-54(43(29)58)37-13-14-40(56)51-42(37)57/h2,7,9-12,23-25,27,37,46H,1,3-6,8,13-22,26H2,(H,50,55)(H,47,48,49)(H,51,56,57).